The summed E-state index contributed by atoms with van der Waals surface area (Å²) in [6.07, 6.45) is 2.94. The summed E-state index contributed by atoms with van der Waals surface area (Å²) in [6.45, 7) is 2.63. The molecule has 1 saturated carbocycles. The topological polar surface area (TPSA) is 81.4 Å². The first kappa shape index (κ1) is 18.5. The highest BCUT2D eigenvalue weighted by atomic mass is 35.5. The quantitative estimate of drug-likeness (QED) is 0.815. The van der Waals surface area contributed by atoms with Gasteiger partial charge in [-0.2, -0.15) is 0 Å². The summed E-state index contributed by atoms with van der Waals surface area (Å²) in [5, 5.41) is 2.88. The fraction of sp³-hybridized carbons (Fsp3) is 0.500. The molecule has 2 atom stereocenters. The molecule has 1 aliphatic rings. The fourth-order valence-electron chi connectivity index (χ4n) is 2.84. The van der Waals surface area contributed by atoms with Crippen molar-refractivity contribution in [3.63, 3.8) is 0 Å². The predicted octanol–water partition coefficient (Wildman–Crippen LogP) is 2.60. The first-order valence-electron chi connectivity index (χ1n) is 7.43. The smallest absolute Gasteiger partial charge is 0.338 e. The van der Waals surface area contributed by atoms with E-state index in [9.17, 15) is 9.59 Å². The van der Waals surface area contributed by atoms with Gasteiger partial charge in [0.2, 0.25) is 5.91 Å². The second-order valence-corrected chi connectivity index (χ2v) is 5.32. The minimum Gasteiger partial charge on any atom is -0.462 e. The Morgan fingerprint density at radius 2 is 2.14 bits per heavy atom. The molecule has 1 aromatic carbocycles. The minimum absolute atomic E-state index is 0. The fourth-order valence-corrected chi connectivity index (χ4v) is 2.84. The Morgan fingerprint density at radius 1 is 1.36 bits per heavy atom. The number of hydrogen-bond donors (Lipinski definition) is 2. The number of nitrogens with two attached hydrogens (primary N) is 1. The van der Waals surface area contributed by atoms with Crippen molar-refractivity contribution in [2.24, 2.45) is 17.6 Å². The van der Waals surface area contributed by atoms with Gasteiger partial charge in [0, 0.05) is 11.6 Å². The number of ether oxygens (including phenoxy) is 1. The highest BCUT2D eigenvalue weighted by Crippen LogP contribution is 2.31. The predicted molar refractivity (Wildman–Crippen MR) is 88.2 cm³/mol. The molecule has 1 fully saturated rings. The third-order valence-corrected chi connectivity index (χ3v) is 3.94. The van der Waals surface area contributed by atoms with Crippen molar-refractivity contribution >= 4 is 30.0 Å². The largest absolute Gasteiger partial charge is 0.462 e. The van der Waals surface area contributed by atoms with Crippen LogP contribution in [0.5, 0.6) is 0 Å². The van der Waals surface area contributed by atoms with E-state index >= 15 is 0 Å². The van der Waals surface area contributed by atoms with Crippen molar-refractivity contribution in [2.75, 3.05) is 18.5 Å². The molecule has 6 heteroatoms. The average Bonchev–Trinajstić information content (AvgIpc) is 2.96. The molecule has 0 saturated heterocycles. The average molecular weight is 327 g/mol. The first-order chi connectivity index (χ1) is 10.2. The molecule has 0 unspecified atom stereocenters. The molecular weight excluding hydrogens is 304 g/mol. The van der Waals surface area contributed by atoms with Crippen LogP contribution in [0.1, 0.15) is 36.5 Å². The van der Waals surface area contributed by atoms with Crippen molar-refractivity contribution in [1.29, 1.82) is 0 Å². The van der Waals surface area contributed by atoms with Crippen LogP contribution in [0.25, 0.3) is 0 Å². The molecule has 0 bridgehead atoms. The molecule has 1 aromatic rings. The van der Waals surface area contributed by atoms with Crippen LogP contribution in [0.15, 0.2) is 24.3 Å². The molecule has 2 rings (SSSR count). The van der Waals surface area contributed by atoms with Crippen LogP contribution >= 0.6 is 12.4 Å². The zero-order valence-electron chi connectivity index (χ0n) is 12.7. The number of hydrogen-bond acceptors (Lipinski definition) is 4. The lowest BCUT2D eigenvalue weighted by Gasteiger charge is -2.17. The third-order valence-electron chi connectivity index (χ3n) is 3.94. The summed E-state index contributed by atoms with van der Waals surface area (Å²) in [5.74, 6) is -0.155. The van der Waals surface area contributed by atoms with Gasteiger partial charge in [0.15, 0.2) is 0 Å². The van der Waals surface area contributed by atoms with Crippen LogP contribution in [0, 0.1) is 11.8 Å². The highest BCUT2D eigenvalue weighted by Gasteiger charge is 2.31. The standard InChI is InChI=1S/C16H22N2O3.ClH/c1-2-21-16(20)11-5-3-7-13(9-11)18-15(19)14-8-4-6-12(14)10-17;/h3,5,7,9,12,14H,2,4,6,8,10,17H2,1H3,(H,18,19);1H/t12-,14-;/m1./s1. The van der Waals surface area contributed by atoms with Crippen LogP contribution in [0.4, 0.5) is 5.69 Å². The lowest BCUT2D eigenvalue weighted by Crippen LogP contribution is -2.29. The van der Waals surface area contributed by atoms with Gasteiger partial charge < -0.3 is 15.8 Å². The summed E-state index contributed by atoms with van der Waals surface area (Å²) < 4.78 is 4.95. The van der Waals surface area contributed by atoms with Crippen LogP contribution in [0.3, 0.4) is 0 Å². The van der Waals surface area contributed by atoms with Gasteiger partial charge in [-0.05, 0) is 50.4 Å². The number of amides is 1. The Labute approximate surface area is 137 Å². The number of nitrogens with one attached hydrogen (secondary N) is 1. The molecule has 1 aliphatic carbocycles. The number of carbonyl (C=O) groups excluding carboxylic acids is 2. The van der Waals surface area contributed by atoms with E-state index in [1.165, 1.54) is 0 Å². The van der Waals surface area contributed by atoms with Crippen LogP contribution in [-0.4, -0.2) is 25.0 Å². The maximum Gasteiger partial charge on any atom is 0.338 e. The van der Waals surface area contributed by atoms with E-state index in [0.717, 1.165) is 19.3 Å². The van der Waals surface area contributed by atoms with Crippen LogP contribution in [-0.2, 0) is 9.53 Å². The second-order valence-electron chi connectivity index (χ2n) is 5.32. The van der Waals surface area contributed by atoms with Gasteiger partial charge in [0.25, 0.3) is 0 Å². The summed E-state index contributed by atoms with van der Waals surface area (Å²) in [4.78, 5) is 24.0. The van der Waals surface area contributed by atoms with Crippen LogP contribution in [0.2, 0.25) is 0 Å². The molecule has 0 radical (unpaired) electrons. The van der Waals surface area contributed by atoms with Crippen molar-refractivity contribution < 1.29 is 14.3 Å². The lowest BCUT2D eigenvalue weighted by molar-refractivity contribution is -0.120. The zero-order chi connectivity index (χ0) is 15.2. The number of halogens is 1. The summed E-state index contributed by atoms with van der Waals surface area (Å²) in [5.41, 5.74) is 6.77. The van der Waals surface area contributed by atoms with Gasteiger partial charge in [-0.1, -0.05) is 12.5 Å². The second kappa shape index (κ2) is 8.76. The molecule has 22 heavy (non-hydrogen) atoms. The van der Waals surface area contributed by atoms with Gasteiger partial charge >= 0.3 is 5.97 Å². The molecule has 0 aromatic heterocycles. The molecule has 0 heterocycles. The first-order valence-corrected chi connectivity index (χ1v) is 7.43. The number of carbonyl (C=O) groups is 2. The number of benzene rings is 1. The molecule has 5 nitrogen and oxygen atoms in total. The zero-order valence-corrected chi connectivity index (χ0v) is 13.5. The Kier molecular flexibility index (Phi) is 7.35. The van der Waals surface area contributed by atoms with Crippen molar-refractivity contribution in [2.45, 2.75) is 26.2 Å². The third kappa shape index (κ3) is 4.45. The summed E-state index contributed by atoms with van der Waals surface area (Å²) >= 11 is 0. The van der Waals surface area contributed by atoms with E-state index < -0.39 is 0 Å². The van der Waals surface area contributed by atoms with Crippen LogP contribution < -0.4 is 11.1 Å². The summed E-state index contributed by atoms with van der Waals surface area (Å²) in [6, 6.07) is 6.82. The van der Waals surface area contributed by atoms with Gasteiger partial charge in [-0.15, -0.1) is 12.4 Å². The van der Waals surface area contributed by atoms with Crippen molar-refractivity contribution in [1.82, 2.24) is 0 Å². The van der Waals surface area contributed by atoms with E-state index in [0.29, 0.717) is 24.4 Å². The Bertz CT molecular complexity index is 522. The maximum atomic E-state index is 12.3. The SMILES string of the molecule is CCOC(=O)c1cccc(NC(=O)[C@@H]2CCC[C@@H]2CN)c1.Cl. The highest BCUT2D eigenvalue weighted by molar-refractivity contribution is 5.95. The van der Waals surface area contributed by atoms with Gasteiger partial charge in [-0.25, -0.2) is 4.79 Å². The lowest BCUT2D eigenvalue weighted by atomic mass is 9.95. The Morgan fingerprint density at radius 3 is 2.82 bits per heavy atom. The van der Waals surface area contributed by atoms with E-state index in [-0.39, 0.29) is 36.1 Å². The minimum atomic E-state index is -0.380. The Balaban J connectivity index is 0.00000242. The van der Waals surface area contributed by atoms with E-state index in [2.05, 4.69) is 5.32 Å². The van der Waals surface area contributed by atoms with Crippen molar-refractivity contribution in [3.05, 3.63) is 29.8 Å². The maximum absolute atomic E-state index is 12.3. The number of anilines is 1. The molecular formula is C16H23ClN2O3. The molecule has 3 N–H and O–H groups in total. The van der Waals surface area contributed by atoms with Gasteiger partial charge in [0.05, 0.1) is 12.2 Å². The van der Waals surface area contributed by atoms with E-state index in [1.807, 2.05) is 0 Å². The van der Waals surface area contributed by atoms with Crippen molar-refractivity contribution in [3.8, 4) is 0 Å². The molecule has 122 valence electrons. The van der Waals surface area contributed by atoms with E-state index in [1.54, 1.807) is 31.2 Å². The number of rotatable bonds is 5. The number of esters is 1. The molecule has 0 spiro atoms. The normalized spacial score (nSPS) is 20.1. The summed E-state index contributed by atoms with van der Waals surface area (Å²) in [7, 11) is 0. The van der Waals surface area contributed by atoms with Gasteiger partial charge in [-0.3, -0.25) is 4.79 Å². The van der Waals surface area contributed by atoms with E-state index in [4.69, 9.17) is 10.5 Å². The monoisotopic (exact) mass is 326 g/mol. The molecule has 0 aliphatic heterocycles. The van der Waals surface area contributed by atoms with Gasteiger partial charge in [0.1, 0.15) is 0 Å². The Hall–Kier alpha value is -1.59. The molecule has 1 amide bonds.